The molecule has 0 bridgehead atoms. The number of phenols is 1. The summed E-state index contributed by atoms with van der Waals surface area (Å²) in [5.41, 5.74) is 1.63. The maximum Gasteiger partial charge on any atom is 0.220 e. The third-order valence-corrected chi connectivity index (χ3v) is 5.17. The van der Waals surface area contributed by atoms with Gasteiger partial charge >= 0.3 is 0 Å². The number of halogens is 2. The molecule has 2 aromatic rings. The van der Waals surface area contributed by atoms with Crippen molar-refractivity contribution in [2.75, 3.05) is 13.1 Å². The number of phenolic OH excluding ortho intramolecular Hbond substituents is 1. The third-order valence-electron chi connectivity index (χ3n) is 5.17. The first-order valence-corrected chi connectivity index (χ1v) is 9.70. The second kappa shape index (κ2) is 9.64. The minimum absolute atomic E-state index is 0.0742. The number of nitrogens with one attached hydrogen (secondary N) is 1. The van der Waals surface area contributed by atoms with Crippen LogP contribution in [0.2, 0.25) is 0 Å². The molecule has 6 heteroatoms. The monoisotopic (exact) mass is 388 g/mol. The van der Waals surface area contributed by atoms with Gasteiger partial charge in [-0.3, -0.25) is 9.69 Å². The molecular formula is C22H26F2N2O2. The van der Waals surface area contributed by atoms with Crippen LogP contribution in [-0.4, -0.2) is 29.0 Å². The Morgan fingerprint density at radius 2 is 2.00 bits per heavy atom. The molecule has 2 N–H and O–H groups in total. The molecule has 1 amide bonds. The van der Waals surface area contributed by atoms with Crippen LogP contribution in [0.25, 0.3) is 0 Å². The zero-order chi connectivity index (χ0) is 19.9. The first-order chi connectivity index (χ1) is 13.5. The van der Waals surface area contributed by atoms with Gasteiger partial charge in [0.1, 0.15) is 5.75 Å². The summed E-state index contributed by atoms with van der Waals surface area (Å²) in [6.45, 7) is 2.96. The predicted molar refractivity (Wildman–Crippen MR) is 104 cm³/mol. The summed E-state index contributed by atoms with van der Waals surface area (Å²) in [4.78, 5) is 14.5. The van der Waals surface area contributed by atoms with Crippen molar-refractivity contribution in [1.82, 2.24) is 10.2 Å². The molecule has 0 aliphatic carbocycles. The molecular weight excluding hydrogens is 362 g/mol. The fourth-order valence-corrected chi connectivity index (χ4v) is 3.72. The lowest BCUT2D eigenvalue weighted by Gasteiger charge is -2.32. The van der Waals surface area contributed by atoms with E-state index in [1.54, 1.807) is 12.1 Å². The van der Waals surface area contributed by atoms with Crippen molar-refractivity contribution in [3.63, 3.8) is 0 Å². The van der Waals surface area contributed by atoms with E-state index in [0.29, 0.717) is 17.9 Å². The van der Waals surface area contributed by atoms with Crippen molar-refractivity contribution in [2.45, 2.75) is 38.8 Å². The zero-order valence-electron chi connectivity index (χ0n) is 15.8. The van der Waals surface area contributed by atoms with Crippen molar-refractivity contribution >= 4 is 5.91 Å². The molecule has 0 spiro atoms. The molecule has 3 rings (SSSR count). The molecule has 1 aliphatic heterocycles. The SMILES string of the molecule is O=C(CC[C@H]1CCCN(Cc2cccc(O)c2)C1)NCc1ccc(F)c(F)c1. The standard InChI is InChI=1S/C22H26F2N2O2/c23-20-8-6-17(12-21(20)24)13-25-22(28)9-7-16-4-2-10-26(14-16)15-18-3-1-5-19(27)11-18/h1,3,5-6,8,11-12,16,27H,2,4,7,9-10,13-15H2,(H,25,28)/t16-/m1/s1. The molecule has 4 nitrogen and oxygen atoms in total. The number of hydrogen-bond acceptors (Lipinski definition) is 3. The van der Waals surface area contributed by atoms with Gasteiger partial charge in [0.2, 0.25) is 5.91 Å². The molecule has 28 heavy (non-hydrogen) atoms. The fourth-order valence-electron chi connectivity index (χ4n) is 3.72. The van der Waals surface area contributed by atoms with Gasteiger partial charge in [0.25, 0.3) is 0 Å². The highest BCUT2D eigenvalue weighted by Gasteiger charge is 2.20. The van der Waals surface area contributed by atoms with Crippen LogP contribution in [0.5, 0.6) is 5.75 Å². The Bertz CT molecular complexity index is 813. The van der Waals surface area contributed by atoms with Crippen LogP contribution in [0.4, 0.5) is 8.78 Å². The minimum atomic E-state index is -0.902. The van der Waals surface area contributed by atoms with Gasteiger partial charge in [-0.1, -0.05) is 18.2 Å². The normalized spacial score (nSPS) is 17.4. The summed E-state index contributed by atoms with van der Waals surface area (Å²) in [7, 11) is 0. The quantitative estimate of drug-likeness (QED) is 0.754. The van der Waals surface area contributed by atoms with Crippen LogP contribution in [0.1, 0.15) is 36.8 Å². The maximum absolute atomic E-state index is 13.2. The van der Waals surface area contributed by atoms with Gasteiger partial charge in [-0.15, -0.1) is 0 Å². The molecule has 1 saturated heterocycles. The molecule has 0 saturated carbocycles. The number of nitrogens with zero attached hydrogens (tertiary/aromatic N) is 1. The van der Waals surface area contributed by atoms with Gasteiger partial charge < -0.3 is 10.4 Å². The van der Waals surface area contributed by atoms with Crippen LogP contribution < -0.4 is 5.32 Å². The summed E-state index contributed by atoms with van der Waals surface area (Å²) in [5, 5.41) is 12.4. The molecule has 0 radical (unpaired) electrons. The van der Waals surface area contributed by atoms with E-state index in [-0.39, 0.29) is 18.2 Å². The molecule has 1 heterocycles. The summed E-state index contributed by atoms with van der Waals surface area (Å²) >= 11 is 0. The Kier molecular flexibility index (Phi) is 6.98. The minimum Gasteiger partial charge on any atom is -0.508 e. The van der Waals surface area contributed by atoms with E-state index in [9.17, 15) is 18.7 Å². The molecule has 0 aromatic heterocycles. The van der Waals surface area contributed by atoms with E-state index in [2.05, 4.69) is 10.2 Å². The van der Waals surface area contributed by atoms with Gasteiger partial charge in [-0.25, -0.2) is 8.78 Å². The smallest absolute Gasteiger partial charge is 0.220 e. The van der Waals surface area contributed by atoms with E-state index in [1.807, 2.05) is 12.1 Å². The molecule has 150 valence electrons. The topological polar surface area (TPSA) is 52.6 Å². The number of aromatic hydroxyl groups is 1. The summed E-state index contributed by atoms with van der Waals surface area (Å²) in [6, 6.07) is 11.0. The van der Waals surface area contributed by atoms with Crippen LogP contribution in [0.15, 0.2) is 42.5 Å². The fraction of sp³-hybridized carbons (Fsp3) is 0.409. The van der Waals surface area contributed by atoms with Crippen molar-refractivity contribution in [3.05, 3.63) is 65.2 Å². The van der Waals surface area contributed by atoms with E-state index in [4.69, 9.17) is 0 Å². The Morgan fingerprint density at radius 1 is 1.14 bits per heavy atom. The van der Waals surface area contributed by atoms with E-state index >= 15 is 0 Å². The number of carbonyl (C=O) groups is 1. The van der Waals surface area contributed by atoms with Crippen molar-refractivity contribution < 1.29 is 18.7 Å². The maximum atomic E-state index is 13.2. The van der Waals surface area contributed by atoms with E-state index < -0.39 is 11.6 Å². The molecule has 2 aromatic carbocycles. The predicted octanol–water partition coefficient (Wildman–Crippen LogP) is 3.98. The van der Waals surface area contributed by atoms with E-state index in [1.165, 1.54) is 6.07 Å². The lowest BCUT2D eigenvalue weighted by atomic mass is 9.93. The largest absolute Gasteiger partial charge is 0.508 e. The first kappa shape index (κ1) is 20.3. The number of likely N-dealkylation sites (tertiary alicyclic amines) is 1. The van der Waals surface area contributed by atoms with Crippen molar-refractivity contribution in [1.29, 1.82) is 0 Å². The average molecular weight is 388 g/mol. The molecule has 0 unspecified atom stereocenters. The Labute approximate surface area is 164 Å². The highest BCUT2D eigenvalue weighted by molar-refractivity contribution is 5.75. The van der Waals surface area contributed by atoms with Crippen LogP contribution in [-0.2, 0) is 17.9 Å². The van der Waals surface area contributed by atoms with E-state index in [0.717, 1.165) is 56.6 Å². The van der Waals surface area contributed by atoms with Crippen LogP contribution in [0, 0.1) is 17.6 Å². The Balaban J connectivity index is 1.41. The second-order valence-electron chi connectivity index (χ2n) is 7.48. The second-order valence-corrected chi connectivity index (χ2v) is 7.48. The van der Waals surface area contributed by atoms with Crippen LogP contribution in [0.3, 0.4) is 0 Å². The number of amides is 1. The van der Waals surface area contributed by atoms with Crippen molar-refractivity contribution in [3.8, 4) is 5.75 Å². The highest BCUT2D eigenvalue weighted by atomic mass is 19.2. The van der Waals surface area contributed by atoms with Gasteiger partial charge in [-0.05, 0) is 67.1 Å². The van der Waals surface area contributed by atoms with Gasteiger partial charge in [-0.2, -0.15) is 0 Å². The van der Waals surface area contributed by atoms with Crippen LogP contribution >= 0.6 is 0 Å². The Hall–Kier alpha value is -2.47. The zero-order valence-corrected chi connectivity index (χ0v) is 15.8. The number of rotatable bonds is 7. The summed E-state index contributed by atoms with van der Waals surface area (Å²) in [6.07, 6.45) is 3.43. The Morgan fingerprint density at radius 3 is 2.79 bits per heavy atom. The summed E-state index contributed by atoms with van der Waals surface area (Å²) in [5.74, 6) is -1.12. The average Bonchev–Trinajstić information content (AvgIpc) is 2.67. The molecule has 1 atom stereocenters. The third kappa shape index (κ3) is 6.02. The van der Waals surface area contributed by atoms with Crippen molar-refractivity contribution in [2.24, 2.45) is 5.92 Å². The highest BCUT2D eigenvalue weighted by Crippen LogP contribution is 2.23. The molecule has 1 aliphatic rings. The lowest BCUT2D eigenvalue weighted by molar-refractivity contribution is -0.121. The number of carbonyl (C=O) groups excluding carboxylic acids is 1. The summed E-state index contributed by atoms with van der Waals surface area (Å²) < 4.78 is 26.1. The lowest BCUT2D eigenvalue weighted by Crippen LogP contribution is -2.35. The van der Waals surface area contributed by atoms with Gasteiger partial charge in [0, 0.05) is 26.1 Å². The number of benzene rings is 2. The number of hydrogen-bond donors (Lipinski definition) is 2. The number of piperidine rings is 1. The van der Waals surface area contributed by atoms with Gasteiger partial charge in [0.05, 0.1) is 0 Å². The first-order valence-electron chi connectivity index (χ1n) is 9.70. The molecule has 1 fully saturated rings. The van der Waals surface area contributed by atoms with Gasteiger partial charge in [0.15, 0.2) is 11.6 Å².